The summed E-state index contributed by atoms with van der Waals surface area (Å²) in [6.45, 7) is 2.46. The van der Waals surface area contributed by atoms with Crippen LogP contribution < -0.4 is 10.1 Å². The van der Waals surface area contributed by atoms with Gasteiger partial charge in [-0.2, -0.15) is 13.2 Å². The van der Waals surface area contributed by atoms with E-state index in [1.54, 1.807) is 14.0 Å². The fraction of sp³-hybridized carbons (Fsp3) is 0.500. The second-order valence-electron chi connectivity index (χ2n) is 3.81. The molecule has 1 unspecified atom stereocenters. The van der Waals surface area contributed by atoms with Crippen molar-refractivity contribution in [3.63, 3.8) is 0 Å². The fourth-order valence-electron chi connectivity index (χ4n) is 1.43. The van der Waals surface area contributed by atoms with Crippen LogP contribution in [0.3, 0.4) is 0 Å². The number of nitrogens with one attached hydrogen (secondary N) is 1. The molecule has 0 aliphatic carbocycles. The molecule has 0 fully saturated rings. The smallest absolute Gasteiger partial charge is 0.419 e. The molecule has 0 aliphatic rings. The average molecular weight is 247 g/mol. The first-order valence-electron chi connectivity index (χ1n) is 5.42. The van der Waals surface area contributed by atoms with Gasteiger partial charge in [-0.25, -0.2) is 0 Å². The number of rotatable bonds is 5. The van der Waals surface area contributed by atoms with Gasteiger partial charge in [-0.15, -0.1) is 0 Å². The van der Waals surface area contributed by atoms with E-state index in [1.165, 1.54) is 18.2 Å². The number of ether oxygens (including phenoxy) is 1. The Labute approximate surface area is 98.8 Å². The van der Waals surface area contributed by atoms with Gasteiger partial charge in [0.1, 0.15) is 5.75 Å². The minimum Gasteiger partial charge on any atom is -0.490 e. The lowest BCUT2D eigenvalue weighted by Gasteiger charge is -2.18. The summed E-state index contributed by atoms with van der Waals surface area (Å²) >= 11 is 0. The number of halogens is 3. The van der Waals surface area contributed by atoms with Crippen LogP contribution in [0.15, 0.2) is 24.3 Å². The predicted molar refractivity (Wildman–Crippen MR) is 60.1 cm³/mol. The number of benzene rings is 1. The molecule has 2 nitrogen and oxygen atoms in total. The van der Waals surface area contributed by atoms with Crippen LogP contribution in [0.2, 0.25) is 0 Å². The van der Waals surface area contributed by atoms with E-state index >= 15 is 0 Å². The van der Waals surface area contributed by atoms with Crippen LogP contribution in [0.4, 0.5) is 13.2 Å². The summed E-state index contributed by atoms with van der Waals surface area (Å²) in [5.41, 5.74) is -0.726. The molecule has 1 aromatic carbocycles. The third-order valence-corrected chi connectivity index (χ3v) is 2.32. The molecule has 1 N–H and O–H groups in total. The first kappa shape index (κ1) is 13.8. The van der Waals surface area contributed by atoms with Gasteiger partial charge < -0.3 is 10.1 Å². The van der Waals surface area contributed by atoms with E-state index in [0.29, 0.717) is 13.0 Å². The molecule has 96 valence electrons. The number of hydrogen-bond acceptors (Lipinski definition) is 2. The van der Waals surface area contributed by atoms with Gasteiger partial charge in [-0.05, 0) is 39.1 Å². The first-order valence-corrected chi connectivity index (χ1v) is 5.42. The minimum absolute atomic E-state index is 0.108. The lowest BCUT2D eigenvalue weighted by Crippen LogP contribution is -2.20. The van der Waals surface area contributed by atoms with Gasteiger partial charge in [0.2, 0.25) is 0 Å². The molecule has 0 bridgehead atoms. The summed E-state index contributed by atoms with van der Waals surface area (Å²) in [7, 11) is 1.79. The predicted octanol–water partition coefficient (Wildman–Crippen LogP) is 3.08. The molecule has 1 aromatic rings. The van der Waals surface area contributed by atoms with Gasteiger partial charge in [0.05, 0.1) is 11.7 Å². The van der Waals surface area contributed by atoms with Crippen molar-refractivity contribution in [1.82, 2.24) is 5.32 Å². The van der Waals surface area contributed by atoms with Crippen LogP contribution in [0.1, 0.15) is 18.9 Å². The molecule has 0 aliphatic heterocycles. The molecule has 0 amide bonds. The maximum Gasteiger partial charge on any atom is 0.419 e. The van der Waals surface area contributed by atoms with Crippen molar-refractivity contribution in [3.05, 3.63) is 29.8 Å². The van der Waals surface area contributed by atoms with E-state index in [4.69, 9.17) is 4.74 Å². The fourth-order valence-corrected chi connectivity index (χ4v) is 1.43. The normalized spacial score (nSPS) is 13.5. The average Bonchev–Trinajstić information content (AvgIpc) is 2.25. The molecule has 0 radical (unpaired) electrons. The van der Waals surface area contributed by atoms with Crippen LogP contribution in [-0.4, -0.2) is 19.7 Å². The van der Waals surface area contributed by atoms with Gasteiger partial charge in [-0.3, -0.25) is 0 Å². The van der Waals surface area contributed by atoms with Crippen molar-refractivity contribution in [1.29, 1.82) is 0 Å². The molecule has 1 atom stereocenters. The summed E-state index contributed by atoms with van der Waals surface area (Å²) in [5.74, 6) is -0.108. The summed E-state index contributed by atoms with van der Waals surface area (Å²) in [4.78, 5) is 0. The highest BCUT2D eigenvalue weighted by molar-refractivity contribution is 5.35. The Kier molecular flexibility index (Phi) is 4.81. The van der Waals surface area contributed by atoms with Crippen molar-refractivity contribution in [2.75, 3.05) is 13.6 Å². The zero-order chi connectivity index (χ0) is 12.9. The van der Waals surface area contributed by atoms with E-state index in [-0.39, 0.29) is 11.9 Å². The number of hydrogen-bond donors (Lipinski definition) is 1. The van der Waals surface area contributed by atoms with E-state index in [1.807, 2.05) is 0 Å². The van der Waals surface area contributed by atoms with Crippen molar-refractivity contribution in [3.8, 4) is 5.75 Å². The summed E-state index contributed by atoms with van der Waals surface area (Å²) in [5, 5.41) is 2.93. The molecular formula is C12H16F3NO. The van der Waals surface area contributed by atoms with Crippen LogP contribution >= 0.6 is 0 Å². The highest BCUT2D eigenvalue weighted by Crippen LogP contribution is 2.36. The zero-order valence-corrected chi connectivity index (χ0v) is 9.84. The molecule has 0 heterocycles. The Bertz CT molecular complexity index is 352. The third kappa shape index (κ3) is 4.26. The Balaban J connectivity index is 2.77. The van der Waals surface area contributed by atoms with E-state index in [9.17, 15) is 13.2 Å². The van der Waals surface area contributed by atoms with Crippen LogP contribution in [0.5, 0.6) is 5.75 Å². The molecule has 0 saturated heterocycles. The third-order valence-electron chi connectivity index (χ3n) is 2.32. The Morgan fingerprint density at radius 2 is 1.94 bits per heavy atom. The van der Waals surface area contributed by atoms with E-state index in [2.05, 4.69) is 5.32 Å². The van der Waals surface area contributed by atoms with Crippen molar-refractivity contribution in [2.24, 2.45) is 0 Å². The highest BCUT2D eigenvalue weighted by Gasteiger charge is 2.34. The highest BCUT2D eigenvalue weighted by atomic mass is 19.4. The monoisotopic (exact) mass is 247 g/mol. The van der Waals surface area contributed by atoms with Crippen molar-refractivity contribution >= 4 is 0 Å². The zero-order valence-electron chi connectivity index (χ0n) is 9.84. The Morgan fingerprint density at radius 3 is 2.53 bits per heavy atom. The molecule has 0 saturated carbocycles. The topological polar surface area (TPSA) is 21.3 Å². The van der Waals surface area contributed by atoms with Crippen molar-refractivity contribution < 1.29 is 17.9 Å². The van der Waals surface area contributed by atoms with Gasteiger partial charge in [0.25, 0.3) is 0 Å². The first-order chi connectivity index (χ1) is 7.95. The van der Waals surface area contributed by atoms with Gasteiger partial charge in [-0.1, -0.05) is 12.1 Å². The van der Waals surface area contributed by atoms with E-state index < -0.39 is 11.7 Å². The number of para-hydroxylation sites is 1. The molecule has 5 heteroatoms. The Hall–Kier alpha value is -1.23. The standard InChI is InChI=1S/C12H16F3NO/c1-9(7-8-16-2)17-11-6-4-3-5-10(11)12(13,14)15/h3-6,9,16H,7-8H2,1-2H3. The van der Waals surface area contributed by atoms with Crippen LogP contribution in [0.25, 0.3) is 0 Å². The second-order valence-corrected chi connectivity index (χ2v) is 3.81. The molecule has 17 heavy (non-hydrogen) atoms. The number of alkyl halides is 3. The maximum atomic E-state index is 12.7. The lowest BCUT2D eigenvalue weighted by molar-refractivity contribution is -0.139. The summed E-state index contributed by atoms with van der Waals surface area (Å²) < 4.78 is 43.3. The summed E-state index contributed by atoms with van der Waals surface area (Å²) in [6.07, 6.45) is -3.98. The molecule has 1 rings (SSSR count). The molecule has 0 spiro atoms. The van der Waals surface area contributed by atoms with Crippen LogP contribution in [0, 0.1) is 0 Å². The lowest BCUT2D eigenvalue weighted by atomic mass is 10.2. The van der Waals surface area contributed by atoms with Crippen LogP contribution in [-0.2, 0) is 6.18 Å². The Morgan fingerprint density at radius 1 is 1.29 bits per heavy atom. The molecule has 0 aromatic heterocycles. The van der Waals surface area contributed by atoms with Gasteiger partial charge in [0, 0.05) is 0 Å². The second kappa shape index (κ2) is 5.91. The quantitative estimate of drug-likeness (QED) is 0.863. The summed E-state index contributed by atoms with van der Waals surface area (Å²) in [6, 6.07) is 5.27. The maximum absolute atomic E-state index is 12.7. The SMILES string of the molecule is CNCCC(C)Oc1ccccc1C(F)(F)F. The van der Waals surface area contributed by atoms with Crippen molar-refractivity contribution in [2.45, 2.75) is 25.6 Å². The van der Waals surface area contributed by atoms with Gasteiger partial charge in [0.15, 0.2) is 0 Å². The van der Waals surface area contributed by atoms with E-state index in [0.717, 1.165) is 6.07 Å². The minimum atomic E-state index is -4.38. The largest absolute Gasteiger partial charge is 0.490 e. The van der Waals surface area contributed by atoms with Gasteiger partial charge >= 0.3 is 6.18 Å². The molecular weight excluding hydrogens is 231 g/mol.